The summed E-state index contributed by atoms with van der Waals surface area (Å²) in [5.74, 6) is -0.165. The van der Waals surface area contributed by atoms with Gasteiger partial charge in [0.25, 0.3) is 0 Å². The summed E-state index contributed by atoms with van der Waals surface area (Å²) in [6.45, 7) is 1.40. The highest BCUT2D eigenvalue weighted by Gasteiger charge is 2.27. The quantitative estimate of drug-likeness (QED) is 0.536. The van der Waals surface area contributed by atoms with Crippen LogP contribution in [0.25, 0.3) is 0 Å². The largest absolute Gasteiger partial charge is 0.359 e. The van der Waals surface area contributed by atoms with Crippen LogP contribution >= 0.6 is 0 Å². The number of nitrogens with one attached hydrogen (secondary N) is 3. The summed E-state index contributed by atoms with van der Waals surface area (Å²) in [7, 11) is -1.73. The molecule has 1 rings (SSSR count). The van der Waals surface area contributed by atoms with E-state index in [1.54, 1.807) is 0 Å². The summed E-state index contributed by atoms with van der Waals surface area (Å²) in [6.07, 6.45) is 0.811. The maximum Gasteiger partial charge on any atom is 0.221 e. The molecule has 0 aliphatic carbocycles. The lowest BCUT2D eigenvalue weighted by Gasteiger charge is -2.11. The second-order valence-electron chi connectivity index (χ2n) is 3.48. The summed E-state index contributed by atoms with van der Waals surface area (Å²) in [4.78, 5) is 10.9. The first-order chi connectivity index (χ1) is 7.06. The van der Waals surface area contributed by atoms with Crippen molar-refractivity contribution in [2.45, 2.75) is 18.1 Å². The van der Waals surface area contributed by atoms with E-state index >= 15 is 0 Å². The van der Waals surface area contributed by atoms with Gasteiger partial charge in [0.05, 0.1) is 5.25 Å². The number of hydrogen-bond donors (Lipinski definition) is 3. The molecular weight excluding hydrogens is 218 g/mol. The van der Waals surface area contributed by atoms with Gasteiger partial charge in [-0.25, -0.2) is 13.1 Å². The van der Waals surface area contributed by atoms with Crippen LogP contribution in [0.1, 0.15) is 12.8 Å². The van der Waals surface area contributed by atoms with Crippen LogP contribution in [0, 0.1) is 0 Å². The first kappa shape index (κ1) is 12.4. The Kier molecular flexibility index (Phi) is 4.49. The number of sulfonamides is 1. The van der Waals surface area contributed by atoms with Gasteiger partial charge in [0, 0.05) is 26.6 Å². The maximum absolute atomic E-state index is 11.6. The highest BCUT2D eigenvalue weighted by molar-refractivity contribution is 7.90. The Hall–Kier alpha value is -0.660. The second kappa shape index (κ2) is 5.43. The lowest BCUT2D eigenvalue weighted by molar-refractivity contribution is -0.120. The molecule has 0 spiro atoms. The van der Waals surface area contributed by atoms with Crippen LogP contribution in [0.5, 0.6) is 0 Å². The van der Waals surface area contributed by atoms with Crippen molar-refractivity contribution in [1.29, 1.82) is 0 Å². The minimum Gasteiger partial charge on any atom is -0.359 e. The molecule has 7 heteroatoms. The average Bonchev–Trinajstić information content (AvgIpc) is 2.70. The Morgan fingerprint density at radius 1 is 1.53 bits per heavy atom. The summed E-state index contributed by atoms with van der Waals surface area (Å²) in [5.41, 5.74) is 0. The fraction of sp³-hybridized carbons (Fsp3) is 0.875. The Balaban J connectivity index is 2.33. The SMILES string of the molecule is CNC(=O)CCNS(=O)(=O)C1CCNC1. The van der Waals surface area contributed by atoms with Gasteiger partial charge in [-0.1, -0.05) is 0 Å². The lowest BCUT2D eigenvalue weighted by atomic mass is 10.4. The molecular formula is C8H17N3O3S. The average molecular weight is 235 g/mol. The monoisotopic (exact) mass is 235 g/mol. The molecule has 1 aliphatic heterocycles. The van der Waals surface area contributed by atoms with Gasteiger partial charge in [-0.15, -0.1) is 0 Å². The molecule has 1 aliphatic rings. The number of hydrogen-bond acceptors (Lipinski definition) is 4. The van der Waals surface area contributed by atoms with E-state index in [1.165, 1.54) is 7.05 Å². The standard InChI is InChI=1S/C8H17N3O3S/c1-9-8(12)3-5-11-15(13,14)7-2-4-10-6-7/h7,10-11H,2-6H2,1H3,(H,9,12). The van der Waals surface area contributed by atoms with Crippen LogP contribution in [0.15, 0.2) is 0 Å². The van der Waals surface area contributed by atoms with E-state index in [0.29, 0.717) is 13.0 Å². The summed E-state index contributed by atoms with van der Waals surface area (Å²) in [5, 5.41) is 5.07. The van der Waals surface area contributed by atoms with E-state index < -0.39 is 10.0 Å². The van der Waals surface area contributed by atoms with E-state index in [0.717, 1.165) is 6.54 Å². The minimum atomic E-state index is -3.26. The molecule has 1 amide bonds. The third-order valence-electron chi connectivity index (χ3n) is 2.39. The first-order valence-electron chi connectivity index (χ1n) is 4.96. The molecule has 0 radical (unpaired) electrons. The van der Waals surface area contributed by atoms with Gasteiger partial charge in [0.15, 0.2) is 0 Å². The minimum absolute atomic E-state index is 0.165. The predicted octanol–water partition coefficient (Wildman–Crippen LogP) is -1.60. The van der Waals surface area contributed by atoms with Crippen molar-refractivity contribution >= 4 is 15.9 Å². The van der Waals surface area contributed by atoms with Crippen molar-refractivity contribution in [3.8, 4) is 0 Å². The van der Waals surface area contributed by atoms with Crippen LogP contribution < -0.4 is 15.4 Å². The fourth-order valence-corrected chi connectivity index (χ4v) is 2.83. The number of carbonyl (C=O) groups is 1. The molecule has 88 valence electrons. The molecule has 1 atom stereocenters. The van der Waals surface area contributed by atoms with Gasteiger partial charge in [-0.05, 0) is 13.0 Å². The molecule has 0 bridgehead atoms. The third-order valence-corrected chi connectivity index (χ3v) is 4.27. The summed E-state index contributed by atoms with van der Waals surface area (Å²) in [6, 6.07) is 0. The van der Waals surface area contributed by atoms with Crippen molar-refractivity contribution in [3.05, 3.63) is 0 Å². The van der Waals surface area contributed by atoms with Gasteiger partial charge >= 0.3 is 0 Å². The summed E-state index contributed by atoms with van der Waals surface area (Å²) >= 11 is 0. The van der Waals surface area contributed by atoms with Gasteiger partial charge in [0.1, 0.15) is 0 Å². The van der Waals surface area contributed by atoms with E-state index in [4.69, 9.17) is 0 Å². The smallest absolute Gasteiger partial charge is 0.221 e. The fourth-order valence-electron chi connectivity index (χ4n) is 1.44. The van der Waals surface area contributed by atoms with Crippen molar-refractivity contribution in [1.82, 2.24) is 15.4 Å². The Morgan fingerprint density at radius 3 is 2.80 bits per heavy atom. The molecule has 0 aromatic heterocycles. The molecule has 3 N–H and O–H groups in total. The molecule has 1 saturated heterocycles. The first-order valence-corrected chi connectivity index (χ1v) is 6.50. The lowest BCUT2D eigenvalue weighted by Crippen LogP contribution is -2.37. The van der Waals surface area contributed by atoms with Crippen molar-refractivity contribution in [3.63, 3.8) is 0 Å². The van der Waals surface area contributed by atoms with E-state index in [2.05, 4.69) is 15.4 Å². The Morgan fingerprint density at radius 2 is 2.27 bits per heavy atom. The highest BCUT2D eigenvalue weighted by atomic mass is 32.2. The van der Waals surface area contributed by atoms with Gasteiger partial charge in [-0.3, -0.25) is 4.79 Å². The van der Waals surface area contributed by atoms with Crippen LogP contribution in [0.2, 0.25) is 0 Å². The van der Waals surface area contributed by atoms with Crippen molar-refractivity contribution < 1.29 is 13.2 Å². The predicted molar refractivity (Wildman–Crippen MR) is 56.9 cm³/mol. The molecule has 0 saturated carbocycles. The van der Waals surface area contributed by atoms with Crippen LogP contribution in [-0.4, -0.2) is 46.3 Å². The second-order valence-corrected chi connectivity index (χ2v) is 5.52. The van der Waals surface area contributed by atoms with Gasteiger partial charge in [0.2, 0.25) is 15.9 Å². The van der Waals surface area contributed by atoms with Crippen LogP contribution in [0.3, 0.4) is 0 Å². The summed E-state index contributed by atoms with van der Waals surface area (Å²) < 4.78 is 25.7. The number of amides is 1. The zero-order valence-electron chi connectivity index (χ0n) is 8.75. The van der Waals surface area contributed by atoms with Crippen molar-refractivity contribution in [2.75, 3.05) is 26.7 Å². The normalized spacial score (nSPS) is 21.5. The van der Waals surface area contributed by atoms with E-state index in [-0.39, 0.29) is 24.1 Å². The topological polar surface area (TPSA) is 87.3 Å². The van der Waals surface area contributed by atoms with Gasteiger partial charge in [-0.2, -0.15) is 0 Å². The molecule has 15 heavy (non-hydrogen) atoms. The maximum atomic E-state index is 11.6. The van der Waals surface area contributed by atoms with Crippen LogP contribution in [0.4, 0.5) is 0 Å². The highest BCUT2D eigenvalue weighted by Crippen LogP contribution is 2.07. The third kappa shape index (κ3) is 3.77. The Bertz CT molecular complexity index is 309. The van der Waals surface area contributed by atoms with Crippen molar-refractivity contribution in [2.24, 2.45) is 0 Å². The number of carbonyl (C=O) groups excluding carboxylic acids is 1. The molecule has 1 heterocycles. The van der Waals surface area contributed by atoms with E-state index in [1.807, 2.05) is 0 Å². The zero-order chi connectivity index (χ0) is 11.3. The zero-order valence-corrected chi connectivity index (χ0v) is 9.56. The van der Waals surface area contributed by atoms with Crippen LogP contribution in [-0.2, 0) is 14.8 Å². The molecule has 6 nitrogen and oxygen atoms in total. The molecule has 0 aromatic carbocycles. The number of rotatable bonds is 5. The Labute approximate surface area is 89.9 Å². The molecule has 1 fully saturated rings. The molecule has 0 aromatic rings. The van der Waals surface area contributed by atoms with E-state index in [9.17, 15) is 13.2 Å². The molecule has 1 unspecified atom stereocenters. The van der Waals surface area contributed by atoms with Gasteiger partial charge < -0.3 is 10.6 Å².